The van der Waals surface area contributed by atoms with Gasteiger partial charge in [0.05, 0.1) is 15.4 Å². The number of nitrogens with one attached hydrogen (secondary N) is 2. The third-order valence-corrected chi connectivity index (χ3v) is 2.48. The van der Waals surface area contributed by atoms with Gasteiger partial charge in [-0.2, -0.15) is 23.3 Å². The summed E-state index contributed by atoms with van der Waals surface area (Å²) in [5.41, 5.74) is -4.47. The molecule has 0 aliphatic heterocycles. The molecule has 2 rings (SSSR count). The van der Waals surface area contributed by atoms with E-state index in [1.54, 1.807) is 0 Å². The van der Waals surface area contributed by atoms with E-state index in [1.807, 2.05) is 0 Å². The van der Waals surface area contributed by atoms with Gasteiger partial charge in [-0.15, -0.1) is 0 Å². The Hall–Kier alpha value is -3.25. The lowest BCUT2D eigenvalue weighted by Crippen LogP contribution is -2.09. The second-order valence-electron chi connectivity index (χ2n) is 3.86. The van der Waals surface area contributed by atoms with Crippen LogP contribution in [0.1, 0.15) is 5.56 Å². The molecule has 0 saturated heterocycles. The van der Waals surface area contributed by atoms with Crippen LogP contribution in [0.3, 0.4) is 0 Å². The average Bonchev–Trinajstić information content (AvgIpc) is 2.89. The first-order valence-corrected chi connectivity index (χ1v) is 5.36. The van der Waals surface area contributed by atoms with Gasteiger partial charge < -0.3 is 5.32 Å². The minimum absolute atomic E-state index is 0.200. The van der Waals surface area contributed by atoms with E-state index in [4.69, 9.17) is 0 Å². The van der Waals surface area contributed by atoms with E-state index in [2.05, 4.69) is 20.5 Å². The van der Waals surface area contributed by atoms with Crippen LogP contribution in [0.25, 0.3) is 0 Å². The van der Waals surface area contributed by atoms with Crippen LogP contribution in [0.4, 0.5) is 36.2 Å². The summed E-state index contributed by atoms with van der Waals surface area (Å²) < 4.78 is 38.1. The van der Waals surface area contributed by atoms with Crippen molar-refractivity contribution in [1.82, 2.24) is 15.2 Å². The van der Waals surface area contributed by atoms with Crippen molar-refractivity contribution in [3.05, 3.63) is 44.3 Å². The average molecular weight is 318 g/mol. The molecule has 2 N–H and O–H groups in total. The van der Waals surface area contributed by atoms with Crippen LogP contribution in [0.5, 0.6) is 0 Å². The maximum Gasteiger partial charge on any atom is 0.416 e. The summed E-state index contributed by atoms with van der Waals surface area (Å²) in [6, 6.07) is 0.400. The Morgan fingerprint density at radius 3 is 2.05 bits per heavy atom. The Labute approximate surface area is 118 Å². The van der Waals surface area contributed by atoms with E-state index in [9.17, 15) is 33.4 Å². The van der Waals surface area contributed by atoms with Gasteiger partial charge in [0.25, 0.3) is 0 Å². The molecule has 0 aliphatic carbocycles. The van der Waals surface area contributed by atoms with E-state index in [-0.39, 0.29) is 18.1 Å². The Balaban J connectivity index is 2.68. The second-order valence-corrected chi connectivity index (χ2v) is 3.86. The smallest absolute Gasteiger partial charge is 0.313 e. The zero-order chi connectivity index (χ0) is 16.5. The Kier molecular flexibility index (Phi) is 3.63. The first-order chi connectivity index (χ1) is 10.2. The number of benzene rings is 1. The van der Waals surface area contributed by atoms with Crippen LogP contribution in [0.15, 0.2) is 18.5 Å². The van der Waals surface area contributed by atoms with Crippen molar-refractivity contribution in [2.75, 3.05) is 5.32 Å². The molecular weight excluding hydrogens is 313 g/mol. The number of hydrogen-bond acceptors (Lipinski definition) is 7. The number of nitro groups is 2. The Morgan fingerprint density at radius 1 is 1.14 bits per heavy atom. The molecule has 116 valence electrons. The zero-order valence-corrected chi connectivity index (χ0v) is 10.3. The maximum atomic E-state index is 12.7. The van der Waals surface area contributed by atoms with Crippen LogP contribution in [0, 0.1) is 20.2 Å². The van der Waals surface area contributed by atoms with Crippen LogP contribution < -0.4 is 5.32 Å². The zero-order valence-electron chi connectivity index (χ0n) is 10.3. The standard InChI is InChI=1S/C9H5F3N6O4/c10-9(11,12)4-1-5(17(19)20)7(6(2-4)18(21)22)15-8-13-3-14-16-8/h1-3H,(H2,13,14,15,16). The third-order valence-electron chi connectivity index (χ3n) is 2.48. The molecule has 13 heteroatoms. The molecule has 0 fully saturated rings. The number of anilines is 2. The second kappa shape index (κ2) is 5.27. The number of rotatable bonds is 4. The fourth-order valence-corrected chi connectivity index (χ4v) is 1.58. The number of aromatic nitrogens is 3. The van der Waals surface area contributed by atoms with Crippen molar-refractivity contribution in [3.63, 3.8) is 0 Å². The SMILES string of the molecule is O=[N+]([O-])c1cc(C(F)(F)F)cc([N+](=O)[O-])c1Nc1ncn[nH]1. The molecule has 0 spiro atoms. The van der Waals surface area contributed by atoms with Crippen LogP contribution in [-0.2, 0) is 6.18 Å². The monoisotopic (exact) mass is 318 g/mol. The highest BCUT2D eigenvalue weighted by atomic mass is 19.4. The summed E-state index contributed by atoms with van der Waals surface area (Å²) in [5, 5.41) is 29.7. The largest absolute Gasteiger partial charge is 0.416 e. The quantitative estimate of drug-likeness (QED) is 0.651. The normalized spacial score (nSPS) is 11.2. The Bertz CT molecular complexity index is 694. The molecule has 2 aromatic rings. The van der Waals surface area contributed by atoms with Crippen LogP contribution in [-0.4, -0.2) is 25.0 Å². The third kappa shape index (κ3) is 2.92. The lowest BCUT2D eigenvalue weighted by atomic mass is 10.1. The molecule has 0 atom stereocenters. The van der Waals surface area contributed by atoms with Gasteiger partial charge in [-0.3, -0.25) is 20.2 Å². The predicted octanol–water partition coefficient (Wildman–Crippen LogP) is 2.38. The Morgan fingerprint density at radius 2 is 1.68 bits per heavy atom. The van der Waals surface area contributed by atoms with Crippen molar-refractivity contribution in [2.24, 2.45) is 0 Å². The molecule has 0 bridgehead atoms. The molecule has 1 aromatic heterocycles. The number of H-pyrrole nitrogens is 1. The molecule has 22 heavy (non-hydrogen) atoms. The maximum absolute atomic E-state index is 12.7. The van der Waals surface area contributed by atoms with Gasteiger partial charge in [0.15, 0.2) is 5.69 Å². The molecule has 1 aromatic carbocycles. The number of nitrogens with zero attached hydrogens (tertiary/aromatic N) is 4. The number of hydrogen-bond donors (Lipinski definition) is 2. The summed E-state index contributed by atoms with van der Waals surface area (Å²) >= 11 is 0. The molecule has 0 saturated carbocycles. The topological polar surface area (TPSA) is 140 Å². The lowest BCUT2D eigenvalue weighted by molar-refractivity contribution is -0.392. The van der Waals surface area contributed by atoms with Crippen molar-refractivity contribution >= 4 is 23.0 Å². The van der Waals surface area contributed by atoms with Gasteiger partial charge in [0.1, 0.15) is 6.33 Å². The van der Waals surface area contributed by atoms with Crippen LogP contribution in [0.2, 0.25) is 0 Å². The number of nitro benzene ring substituents is 2. The first kappa shape index (κ1) is 15.1. The highest BCUT2D eigenvalue weighted by molar-refractivity contribution is 5.78. The van der Waals surface area contributed by atoms with Gasteiger partial charge in [0, 0.05) is 12.1 Å². The first-order valence-electron chi connectivity index (χ1n) is 5.36. The fraction of sp³-hybridized carbons (Fsp3) is 0.111. The number of halogens is 3. The molecule has 0 unspecified atom stereocenters. The molecule has 1 heterocycles. The van der Waals surface area contributed by atoms with Crippen LogP contribution >= 0.6 is 0 Å². The van der Waals surface area contributed by atoms with Gasteiger partial charge in [0.2, 0.25) is 5.95 Å². The number of alkyl halides is 3. The van der Waals surface area contributed by atoms with Crippen molar-refractivity contribution in [2.45, 2.75) is 6.18 Å². The van der Waals surface area contributed by atoms with Gasteiger partial charge in [-0.25, -0.2) is 5.10 Å². The van der Waals surface area contributed by atoms with Gasteiger partial charge >= 0.3 is 17.6 Å². The lowest BCUT2D eigenvalue weighted by Gasteiger charge is -2.10. The summed E-state index contributed by atoms with van der Waals surface area (Å²) in [6.07, 6.45) is -3.97. The highest BCUT2D eigenvalue weighted by Crippen LogP contribution is 2.41. The highest BCUT2D eigenvalue weighted by Gasteiger charge is 2.37. The van der Waals surface area contributed by atoms with Crippen molar-refractivity contribution in [1.29, 1.82) is 0 Å². The minimum atomic E-state index is -4.97. The fourth-order valence-electron chi connectivity index (χ4n) is 1.58. The van der Waals surface area contributed by atoms with E-state index < -0.39 is 38.6 Å². The van der Waals surface area contributed by atoms with E-state index in [0.29, 0.717) is 0 Å². The molecule has 10 nitrogen and oxygen atoms in total. The minimum Gasteiger partial charge on any atom is -0.313 e. The summed E-state index contributed by atoms with van der Waals surface area (Å²) in [5.74, 6) is -0.203. The summed E-state index contributed by atoms with van der Waals surface area (Å²) in [6.45, 7) is 0. The molecule has 0 amide bonds. The molecular formula is C9H5F3N6O4. The molecule has 0 aliphatic rings. The van der Waals surface area contributed by atoms with E-state index in [1.165, 1.54) is 0 Å². The number of aromatic amines is 1. The summed E-state index contributed by atoms with van der Waals surface area (Å²) in [4.78, 5) is 23.1. The van der Waals surface area contributed by atoms with Crippen molar-refractivity contribution < 1.29 is 23.0 Å². The van der Waals surface area contributed by atoms with E-state index in [0.717, 1.165) is 6.33 Å². The van der Waals surface area contributed by atoms with Gasteiger partial charge in [-0.1, -0.05) is 0 Å². The molecule has 0 radical (unpaired) electrons. The van der Waals surface area contributed by atoms with E-state index >= 15 is 0 Å². The van der Waals surface area contributed by atoms with Crippen molar-refractivity contribution in [3.8, 4) is 0 Å². The summed E-state index contributed by atoms with van der Waals surface area (Å²) in [7, 11) is 0. The predicted molar refractivity (Wildman–Crippen MR) is 64.4 cm³/mol. The van der Waals surface area contributed by atoms with Gasteiger partial charge in [-0.05, 0) is 0 Å².